The second-order valence-electron chi connectivity index (χ2n) is 5.83. The molecule has 150 valence electrons. The molecule has 6 nitrogen and oxygen atoms in total. The van der Waals surface area contributed by atoms with Crippen LogP contribution in [0.3, 0.4) is 0 Å². The van der Waals surface area contributed by atoms with Crippen molar-refractivity contribution in [2.45, 2.75) is 0 Å². The van der Waals surface area contributed by atoms with Crippen LogP contribution in [0.5, 0.6) is 17.2 Å². The summed E-state index contributed by atoms with van der Waals surface area (Å²) in [6, 6.07) is 13.1. The molecule has 0 unspecified atom stereocenters. The van der Waals surface area contributed by atoms with E-state index in [0.717, 1.165) is 22.6 Å². The van der Waals surface area contributed by atoms with E-state index in [4.69, 9.17) is 27.1 Å². The van der Waals surface area contributed by atoms with Crippen LogP contribution in [0.4, 0.5) is 5.13 Å². The van der Waals surface area contributed by atoms with Crippen LogP contribution < -0.4 is 19.6 Å². The van der Waals surface area contributed by atoms with Crippen molar-refractivity contribution in [2.24, 2.45) is 5.10 Å². The first-order chi connectivity index (χ1) is 14.7. The standard InChI is InChI=1S/C23H19N3O3S/c1-4-12-28-21-11-6-17(14-22(21)29-13-5-2)15-24-26-23-25-20(16-30-23)18-7-9-19(27-3)10-8-18/h1-2,6-11,14-16H,12-13H2,3H3,(H,25,26)/b24-15+. The molecule has 0 fully saturated rings. The molecule has 1 heterocycles. The Hall–Kier alpha value is -3.94. The number of hydrogen-bond donors (Lipinski definition) is 1. The van der Waals surface area contributed by atoms with Gasteiger partial charge in [-0.05, 0) is 48.0 Å². The molecule has 0 bridgehead atoms. The van der Waals surface area contributed by atoms with Crippen molar-refractivity contribution in [2.75, 3.05) is 25.7 Å². The molecule has 3 rings (SSSR count). The summed E-state index contributed by atoms with van der Waals surface area (Å²) in [5.41, 5.74) is 5.60. The van der Waals surface area contributed by atoms with Gasteiger partial charge in [-0.1, -0.05) is 11.8 Å². The molecule has 7 heteroatoms. The lowest BCUT2D eigenvalue weighted by atomic mass is 10.2. The Labute approximate surface area is 179 Å². The third-order valence-corrected chi connectivity index (χ3v) is 4.60. The van der Waals surface area contributed by atoms with Crippen molar-refractivity contribution in [1.82, 2.24) is 4.98 Å². The van der Waals surface area contributed by atoms with E-state index >= 15 is 0 Å². The highest BCUT2D eigenvalue weighted by atomic mass is 32.1. The zero-order chi connectivity index (χ0) is 21.2. The quantitative estimate of drug-likeness (QED) is 0.320. The van der Waals surface area contributed by atoms with Crippen LogP contribution in [-0.4, -0.2) is 31.5 Å². The minimum atomic E-state index is 0.124. The number of hydrazone groups is 1. The number of thiazole rings is 1. The number of nitrogens with one attached hydrogen (secondary N) is 1. The van der Waals surface area contributed by atoms with Crippen LogP contribution in [0, 0.1) is 24.7 Å². The van der Waals surface area contributed by atoms with Crippen LogP contribution in [0.2, 0.25) is 0 Å². The van der Waals surface area contributed by atoms with Crippen LogP contribution in [0.25, 0.3) is 11.3 Å². The van der Waals surface area contributed by atoms with Gasteiger partial charge in [-0.2, -0.15) is 5.10 Å². The summed E-state index contributed by atoms with van der Waals surface area (Å²) < 4.78 is 16.2. The van der Waals surface area contributed by atoms with Crippen molar-refractivity contribution in [3.8, 4) is 53.2 Å². The van der Waals surface area contributed by atoms with E-state index < -0.39 is 0 Å². The van der Waals surface area contributed by atoms with Crippen LogP contribution >= 0.6 is 11.3 Å². The average Bonchev–Trinajstić information content (AvgIpc) is 3.26. The van der Waals surface area contributed by atoms with E-state index in [1.165, 1.54) is 11.3 Å². The molecule has 2 aromatic carbocycles. The third kappa shape index (κ3) is 5.54. The van der Waals surface area contributed by atoms with Crippen LogP contribution in [-0.2, 0) is 0 Å². The molecule has 1 N–H and O–H groups in total. The summed E-state index contributed by atoms with van der Waals surface area (Å²) >= 11 is 1.46. The zero-order valence-electron chi connectivity index (χ0n) is 16.3. The fourth-order valence-corrected chi connectivity index (χ4v) is 3.13. The second-order valence-corrected chi connectivity index (χ2v) is 6.69. The van der Waals surface area contributed by atoms with E-state index in [0.29, 0.717) is 16.6 Å². The lowest BCUT2D eigenvalue weighted by molar-refractivity contribution is 0.314. The second kappa shape index (κ2) is 10.6. The maximum atomic E-state index is 5.53. The van der Waals surface area contributed by atoms with Gasteiger partial charge in [0.25, 0.3) is 0 Å². The van der Waals surface area contributed by atoms with Gasteiger partial charge in [0.1, 0.15) is 19.0 Å². The van der Waals surface area contributed by atoms with Gasteiger partial charge < -0.3 is 14.2 Å². The van der Waals surface area contributed by atoms with Crippen molar-refractivity contribution in [3.63, 3.8) is 0 Å². The van der Waals surface area contributed by atoms with Gasteiger partial charge in [-0.3, -0.25) is 5.43 Å². The summed E-state index contributed by atoms with van der Waals surface area (Å²) in [6.45, 7) is 0.264. The molecule has 0 spiro atoms. The van der Waals surface area contributed by atoms with Gasteiger partial charge in [0.05, 0.1) is 19.0 Å². The first kappa shape index (κ1) is 20.8. The molecule has 0 saturated carbocycles. The Bertz CT molecular complexity index is 1090. The number of nitrogens with zero attached hydrogens (tertiary/aromatic N) is 2. The molecule has 0 amide bonds. The lowest BCUT2D eigenvalue weighted by Gasteiger charge is -2.10. The Kier molecular flexibility index (Phi) is 7.32. The maximum Gasteiger partial charge on any atom is 0.203 e. The van der Waals surface area contributed by atoms with E-state index in [1.54, 1.807) is 25.5 Å². The normalized spacial score (nSPS) is 10.2. The van der Waals surface area contributed by atoms with E-state index in [9.17, 15) is 0 Å². The van der Waals surface area contributed by atoms with Gasteiger partial charge in [-0.25, -0.2) is 4.98 Å². The van der Waals surface area contributed by atoms with Crippen molar-refractivity contribution in [1.29, 1.82) is 0 Å². The number of hydrogen-bond acceptors (Lipinski definition) is 7. The lowest BCUT2D eigenvalue weighted by Crippen LogP contribution is -2.01. The molecule has 0 radical (unpaired) electrons. The topological polar surface area (TPSA) is 65.0 Å². The predicted octanol–water partition coefficient (Wildman–Crippen LogP) is 4.29. The van der Waals surface area contributed by atoms with Crippen molar-refractivity contribution >= 4 is 22.7 Å². The predicted molar refractivity (Wildman–Crippen MR) is 120 cm³/mol. The highest BCUT2D eigenvalue weighted by Crippen LogP contribution is 2.28. The van der Waals surface area contributed by atoms with Crippen LogP contribution in [0.1, 0.15) is 5.56 Å². The Balaban J connectivity index is 1.66. The van der Waals surface area contributed by atoms with Crippen molar-refractivity contribution in [3.05, 3.63) is 53.4 Å². The molecule has 0 saturated heterocycles. The van der Waals surface area contributed by atoms with E-state index in [2.05, 4.69) is 27.4 Å². The number of rotatable bonds is 9. The molecule has 3 aromatic rings. The van der Waals surface area contributed by atoms with Gasteiger partial charge >= 0.3 is 0 Å². The van der Waals surface area contributed by atoms with Gasteiger partial charge in [0, 0.05) is 10.9 Å². The highest BCUT2D eigenvalue weighted by molar-refractivity contribution is 7.14. The third-order valence-electron chi connectivity index (χ3n) is 3.85. The summed E-state index contributed by atoms with van der Waals surface area (Å²) in [5.74, 6) is 6.68. The SMILES string of the molecule is C#CCOc1ccc(/C=N/Nc2nc(-c3ccc(OC)cc3)cs2)cc1OCC#C. The Morgan fingerprint density at radius 3 is 2.50 bits per heavy atom. The Morgan fingerprint density at radius 1 is 1.07 bits per heavy atom. The molecule has 30 heavy (non-hydrogen) atoms. The minimum Gasteiger partial charge on any atom is -0.497 e. The molecule has 0 atom stereocenters. The average molecular weight is 417 g/mol. The molecular formula is C23H19N3O3S. The monoisotopic (exact) mass is 417 g/mol. The maximum absolute atomic E-state index is 5.53. The summed E-state index contributed by atoms with van der Waals surface area (Å²) in [7, 11) is 1.64. The smallest absolute Gasteiger partial charge is 0.203 e. The summed E-state index contributed by atoms with van der Waals surface area (Å²) in [6.07, 6.45) is 12.2. The summed E-state index contributed by atoms with van der Waals surface area (Å²) in [4.78, 5) is 4.54. The van der Waals surface area contributed by atoms with E-state index in [-0.39, 0.29) is 13.2 Å². The Morgan fingerprint density at radius 2 is 1.80 bits per heavy atom. The van der Waals surface area contributed by atoms with Gasteiger partial charge in [0.15, 0.2) is 11.5 Å². The molecule has 1 aromatic heterocycles. The molecule has 0 aliphatic heterocycles. The number of aromatic nitrogens is 1. The minimum absolute atomic E-state index is 0.124. The van der Waals surface area contributed by atoms with E-state index in [1.807, 2.05) is 35.7 Å². The van der Waals surface area contributed by atoms with Gasteiger partial charge in [0.2, 0.25) is 5.13 Å². The summed E-state index contributed by atoms with van der Waals surface area (Å²) in [5, 5.41) is 6.88. The highest BCUT2D eigenvalue weighted by Gasteiger charge is 2.07. The number of terminal acetylenes is 2. The fraction of sp³-hybridized carbons (Fsp3) is 0.130. The number of anilines is 1. The zero-order valence-corrected chi connectivity index (χ0v) is 17.1. The van der Waals surface area contributed by atoms with Crippen LogP contribution in [0.15, 0.2) is 52.9 Å². The number of benzene rings is 2. The first-order valence-corrected chi connectivity index (χ1v) is 9.77. The largest absolute Gasteiger partial charge is 0.497 e. The number of methoxy groups -OCH3 is 1. The first-order valence-electron chi connectivity index (χ1n) is 8.89. The molecular weight excluding hydrogens is 398 g/mol. The van der Waals surface area contributed by atoms with Gasteiger partial charge in [-0.15, -0.1) is 24.2 Å². The molecule has 0 aliphatic carbocycles. The van der Waals surface area contributed by atoms with Crippen molar-refractivity contribution < 1.29 is 14.2 Å². The number of ether oxygens (including phenoxy) is 3. The molecule has 0 aliphatic rings. The fourth-order valence-electron chi connectivity index (χ4n) is 2.46.